The molecule has 2 amide bonds. The molecule has 3 N–H and O–H groups in total. The molecule has 0 saturated carbocycles. The van der Waals surface area contributed by atoms with E-state index in [0.717, 1.165) is 5.56 Å². The van der Waals surface area contributed by atoms with Gasteiger partial charge in [-0.3, -0.25) is 0 Å². The summed E-state index contributed by atoms with van der Waals surface area (Å²) in [4.78, 5) is 12.6. The molecule has 2 rings (SSSR count). The number of urea groups is 1. The van der Waals surface area contributed by atoms with E-state index in [-0.39, 0.29) is 13.2 Å². The van der Waals surface area contributed by atoms with Crippen LogP contribution in [-0.2, 0) is 9.92 Å². The molecular formula is C17H20ClN3O3S. The van der Waals surface area contributed by atoms with Crippen molar-refractivity contribution in [1.82, 2.24) is 4.72 Å². The number of aliphatic hydroxyl groups excluding tert-OH is 1. The standard InChI is InChI=1S/C17H20ClN3O3S/c1-13-3-9-16(10-4-13)25(24,19-11-2-12-22)21-17(23)20-15-7-5-14(18)6-8-15/h3-10,22H,2,11-12H2,1H3,(H2,19,20,21,23,24). The van der Waals surface area contributed by atoms with Crippen molar-refractivity contribution in [2.24, 2.45) is 4.36 Å². The monoisotopic (exact) mass is 381 g/mol. The van der Waals surface area contributed by atoms with Gasteiger partial charge in [-0.15, -0.1) is 4.36 Å². The Hall–Kier alpha value is -1.93. The molecule has 0 aliphatic heterocycles. The number of benzene rings is 2. The number of hydrogen-bond donors (Lipinski definition) is 3. The van der Waals surface area contributed by atoms with Crippen molar-refractivity contribution < 1.29 is 14.1 Å². The third-order valence-electron chi connectivity index (χ3n) is 3.28. The number of nitrogens with one attached hydrogen (secondary N) is 2. The van der Waals surface area contributed by atoms with E-state index < -0.39 is 15.9 Å². The number of nitrogens with zero attached hydrogens (tertiary/aromatic N) is 1. The predicted molar refractivity (Wildman–Crippen MR) is 100 cm³/mol. The summed E-state index contributed by atoms with van der Waals surface area (Å²) in [6.07, 6.45) is 0.400. The van der Waals surface area contributed by atoms with Crippen LogP contribution in [0.1, 0.15) is 12.0 Å². The zero-order chi connectivity index (χ0) is 18.3. The van der Waals surface area contributed by atoms with Crippen molar-refractivity contribution in [1.29, 1.82) is 0 Å². The number of halogens is 1. The second-order valence-electron chi connectivity index (χ2n) is 5.34. The summed E-state index contributed by atoms with van der Waals surface area (Å²) in [5.41, 5.74) is 1.51. The van der Waals surface area contributed by atoms with Crippen LogP contribution in [0.5, 0.6) is 0 Å². The lowest BCUT2D eigenvalue weighted by Crippen LogP contribution is -2.27. The molecule has 8 heteroatoms. The first-order chi connectivity index (χ1) is 11.9. The maximum atomic E-state index is 13.2. The van der Waals surface area contributed by atoms with Crippen LogP contribution in [0.2, 0.25) is 5.02 Å². The van der Waals surface area contributed by atoms with Crippen molar-refractivity contribution in [3.8, 4) is 0 Å². The molecule has 2 aromatic rings. The minimum absolute atomic E-state index is 0.0482. The van der Waals surface area contributed by atoms with E-state index in [1.165, 1.54) is 0 Å². The topological polar surface area (TPSA) is 90.8 Å². The van der Waals surface area contributed by atoms with Gasteiger partial charge in [0.05, 0.1) is 4.90 Å². The maximum Gasteiger partial charge on any atom is 0.354 e. The Labute approximate surface area is 152 Å². The van der Waals surface area contributed by atoms with Gasteiger partial charge >= 0.3 is 6.03 Å². The molecule has 134 valence electrons. The number of rotatable bonds is 6. The fourth-order valence-corrected chi connectivity index (χ4v) is 3.64. The Morgan fingerprint density at radius 2 is 1.80 bits per heavy atom. The molecule has 25 heavy (non-hydrogen) atoms. The van der Waals surface area contributed by atoms with E-state index in [9.17, 15) is 9.00 Å². The molecule has 0 spiro atoms. The third-order valence-corrected chi connectivity index (χ3v) is 5.46. The number of aliphatic hydroxyl groups is 1. The molecule has 2 aromatic carbocycles. The molecule has 0 bridgehead atoms. The highest BCUT2D eigenvalue weighted by Gasteiger charge is 2.15. The number of anilines is 1. The van der Waals surface area contributed by atoms with Gasteiger partial charge in [-0.05, 0) is 49.7 Å². The van der Waals surface area contributed by atoms with Crippen LogP contribution in [0.4, 0.5) is 10.5 Å². The first-order valence-corrected chi connectivity index (χ1v) is 9.58. The van der Waals surface area contributed by atoms with Crippen molar-refractivity contribution in [2.45, 2.75) is 18.2 Å². The highest BCUT2D eigenvalue weighted by molar-refractivity contribution is 7.92. The van der Waals surface area contributed by atoms with E-state index in [1.54, 1.807) is 48.5 Å². The van der Waals surface area contributed by atoms with E-state index >= 15 is 0 Å². The van der Waals surface area contributed by atoms with Crippen molar-refractivity contribution in [3.05, 3.63) is 59.1 Å². The lowest BCUT2D eigenvalue weighted by atomic mass is 10.2. The van der Waals surface area contributed by atoms with Crippen LogP contribution in [0.3, 0.4) is 0 Å². The van der Waals surface area contributed by atoms with Crippen LogP contribution in [0, 0.1) is 6.92 Å². The molecule has 0 fully saturated rings. The van der Waals surface area contributed by atoms with E-state index in [4.69, 9.17) is 16.7 Å². The molecule has 0 heterocycles. The van der Waals surface area contributed by atoms with Crippen molar-refractivity contribution >= 4 is 33.2 Å². The molecule has 1 atom stereocenters. The van der Waals surface area contributed by atoms with Crippen LogP contribution in [-0.4, -0.2) is 28.5 Å². The zero-order valence-electron chi connectivity index (χ0n) is 13.7. The molecule has 1 unspecified atom stereocenters. The van der Waals surface area contributed by atoms with Gasteiger partial charge in [0.15, 0.2) is 0 Å². The molecule has 0 radical (unpaired) electrons. The number of carbonyl (C=O) groups excluding carboxylic acids is 1. The minimum atomic E-state index is -3.16. The van der Waals surface area contributed by atoms with Gasteiger partial charge in [0, 0.05) is 23.9 Å². The number of aryl methyl sites for hydroxylation is 1. The molecule has 0 aliphatic carbocycles. The average molecular weight is 382 g/mol. The van der Waals surface area contributed by atoms with E-state index in [0.29, 0.717) is 22.0 Å². The lowest BCUT2D eigenvalue weighted by molar-refractivity contribution is 0.260. The van der Waals surface area contributed by atoms with Gasteiger partial charge in [0.25, 0.3) is 0 Å². The van der Waals surface area contributed by atoms with E-state index in [2.05, 4.69) is 14.4 Å². The molecule has 0 aromatic heterocycles. The van der Waals surface area contributed by atoms with Crippen LogP contribution in [0.15, 0.2) is 57.8 Å². The van der Waals surface area contributed by atoms with Gasteiger partial charge in [-0.25, -0.2) is 13.7 Å². The van der Waals surface area contributed by atoms with Gasteiger partial charge in [-0.2, -0.15) is 0 Å². The first-order valence-electron chi connectivity index (χ1n) is 7.69. The van der Waals surface area contributed by atoms with Gasteiger partial charge in [-0.1, -0.05) is 29.3 Å². The van der Waals surface area contributed by atoms with E-state index in [1.807, 2.05) is 6.92 Å². The number of hydrogen-bond acceptors (Lipinski definition) is 3. The van der Waals surface area contributed by atoms with Gasteiger partial charge in [0.1, 0.15) is 9.92 Å². The van der Waals surface area contributed by atoms with Crippen molar-refractivity contribution in [2.75, 3.05) is 18.5 Å². The predicted octanol–water partition coefficient (Wildman–Crippen LogP) is 3.59. The van der Waals surface area contributed by atoms with Crippen LogP contribution in [0.25, 0.3) is 0 Å². The number of amides is 2. The molecule has 0 saturated heterocycles. The smallest absolute Gasteiger partial charge is 0.354 e. The summed E-state index contributed by atoms with van der Waals surface area (Å²) in [5, 5.41) is 12.0. The second kappa shape index (κ2) is 8.96. The van der Waals surface area contributed by atoms with Gasteiger partial charge < -0.3 is 10.4 Å². The Kier molecular flexibility index (Phi) is 6.95. The molecule has 6 nitrogen and oxygen atoms in total. The fourth-order valence-electron chi connectivity index (χ4n) is 1.98. The Balaban J connectivity index is 2.28. The summed E-state index contributed by atoms with van der Waals surface area (Å²) >= 11 is 5.81. The maximum absolute atomic E-state index is 13.2. The summed E-state index contributed by atoms with van der Waals surface area (Å²) < 4.78 is 19.8. The normalized spacial score (nSPS) is 13.1. The van der Waals surface area contributed by atoms with Crippen molar-refractivity contribution in [3.63, 3.8) is 0 Å². The largest absolute Gasteiger partial charge is 0.396 e. The highest BCUT2D eigenvalue weighted by atomic mass is 35.5. The van der Waals surface area contributed by atoms with Crippen LogP contribution >= 0.6 is 11.6 Å². The minimum Gasteiger partial charge on any atom is -0.396 e. The Morgan fingerprint density at radius 3 is 2.40 bits per heavy atom. The summed E-state index contributed by atoms with van der Waals surface area (Å²) in [6, 6.07) is 12.7. The third kappa shape index (κ3) is 5.82. The number of carbonyl (C=O) groups is 1. The summed E-state index contributed by atoms with van der Waals surface area (Å²) in [6.45, 7) is 2.13. The lowest BCUT2D eigenvalue weighted by Gasteiger charge is -2.12. The zero-order valence-corrected chi connectivity index (χ0v) is 15.3. The summed E-state index contributed by atoms with van der Waals surface area (Å²) in [5.74, 6) is 0. The SMILES string of the molecule is Cc1ccc(S(=O)(=NC(=O)Nc2ccc(Cl)cc2)NCCCO)cc1. The first kappa shape index (κ1) is 19.4. The highest BCUT2D eigenvalue weighted by Crippen LogP contribution is 2.16. The van der Waals surface area contributed by atoms with Crippen LogP contribution < -0.4 is 10.0 Å². The quantitative estimate of drug-likeness (QED) is 0.668. The Bertz CT molecular complexity index is 829. The second-order valence-corrected chi connectivity index (χ2v) is 7.77. The average Bonchev–Trinajstić information content (AvgIpc) is 2.57. The fraction of sp³-hybridized carbons (Fsp3) is 0.235. The molecular weight excluding hydrogens is 362 g/mol. The summed E-state index contributed by atoms with van der Waals surface area (Å²) in [7, 11) is -3.16. The molecule has 0 aliphatic rings. The Morgan fingerprint density at radius 1 is 1.16 bits per heavy atom. The van der Waals surface area contributed by atoms with Gasteiger partial charge in [0.2, 0.25) is 0 Å².